The Balaban J connectivity index is 1.89. The summed E-state index contributed by atoms with van der Waals surface area (Å²) in [5, 5.41) is 15.8. The highest BCUT2D eigenvalue weighted by atomic mass is 32.1. The Morgan fingerprint density at radius 2 is 2.35 bits per heavy atom. The van der Waals surface area contributed by atoms with Crippen LogP contribution in [0.1, 0.15) is 42.3 Å². The molecule has 1 aliphatic rings. The maximum absolute atomic E-state index is 12.1. The number of nitrogens with zero attached hydrogens (tertiary/aromatic N) is 1. The number of hydrogen-bond donors (Lipinski definition) is 4. The van der Waals surface area contributed by atoms with Crippen LogP contribution in [0, 0.1) is 5.92 Å². The van der Waals surface area contributed by atoms with Crippen molar-refractivity contribution in [3.8, 4) is 0 Å². The Labute approximate surface area is 122 Å². The summed E-state index contributed by atoms with van der Waals surface area (Å²) >= 11 is 1.30. The third-order valence-electron chi connectivity index (χ3n) is 3.43. The molecule has 1 aromatic rings. The molecule has 112 valence electrons. The van der Waals surface area contributed by atoms with Crippen LogP contribution in [0.5, 0.6) is 0 Å². The highest BCUT2D eigenvalue weighted by Crippen LogP contribution is 2.30. The number of nitrogens with one attached hydrogen (secondary N) is 2. The number of anilines is 2. The van der Waals surface area contributed by atoms with Crippen LogP contribution in [-0.2, 0) is 0 Å². The average molecular weight is 298 g/mol. The fraction of sp³-hybridized carbons (Fsp3) is 0.692. The number of hydrogen-bond acceptors (Lipinski definition) is 6. The zero-order valence-corrected chi connectivity index (χ0v) is 12.5. The van der Waals surface area contributed by atoms with E-state index in [4.69, 9.17) is 10.8 Å². The molecule has 1 amide bonds. The van der Waals surface area contributed by atoms with Gasteiger partial charge in [-0.25, -0.2) is 4.98 Å². The van der Waals surface area contributed by atoms with Crippen LogP contribution in [-0.4, -0.2) is 35.2 Å². The minimum atomic E-state index is -0.180. The minimum absolute atomic E-state index is 0.145. The first-order valence-corrected chi connectivity index (χ1v) is 7.87. The van der Waals surface area contributed by atoms with Crippen molar-refractivity contribution in [2.45, 2.75) is 38.6 Å². The maximum atomic E-state index is 12.1. The Morgan fingerprint density at radius 1 is 1.60 bits per heavy atom. The smallest absolute Gasteiger partial charge is 0.265 e. The van der Waals surface area contributed by atoms with E-state index in [2.05, 4.69) is 15.6 Å². The topological polar surface area (TPSA) is 100 Å². The van der Waals surface area contributed by atoms with Gasteiger partial charge in [0.1, 0.15) is 10.7 Å². The van der Waals surface area contributed by atoms with Crippen LogP contribution >= 0.6 is 11.3 Å². The number of rotatable bonds is 8. The lowest BCUT2D eigenvalue weighted by Gasteiger charge is -2.13. The molecule has 7 heteroatoms. The summed E-state index contributed by atoms with van der Waals surface area (Å²) in [6.45, 7) is 2.75. The quantitative estimate of drug-likeness (QED) is 0.582. The third-order valence-corrected chi connectivity index (χ3v) is 4.43. The van der Waals surface area contributed by atoms with Gasteiger partial charge in [0.25, 0.3) is 5.91 Å². The first kappa shape index (κ1) is 15.1. The summed E-state index contributed by atoms with van der Waals surface area (Å²) in [6.07, 6.45) is 3.93. The molecule has 0 aliphatic heterocycles. The molecule has 0 bridgehead atoms. The fourth-order valence-electron chi connectivity index (χ4n) is 1.91. The number of aliphatic hydroxyl groups is 1. The van der Waals surface area contributed by atoms with Gasteiger partial charge in [0, 0.05) is 19.2 Å². The Hall–Kier alpha value is -1.34. The van der Waals surface area contributed by atoms with Crippen LogP contribution in [0.4, 0.5) is 10.9 Å². The van der Waals surface area contributed by atoms with E-state index in [1.807, 2.05) is 6.92 Å². The van der Waals surface area contributed by atoms with E-state index in [0.717, 1.165) is 24.4 Å². The van der Waals surface area contributed by atoms with Crippen molar-refractivity contribution >= 4 is 28.2 Å². The van der Waals surface area contributed by atoms with Crippen LogP contribution in [0.25, 0.3) is 0 Å². The van der Waals surface area contributed by atoms with Gasteiger partial charge in [0.05, 0.1) is 0 Å². The van der Waals surface area contributed by atoms with Gasteiger partial charge in [-0.2, -0.15) is 0 Å². The van der Waals surface area contributed by atoms with Crippen molar-refractivity contribution in [2.75, 3.05) is 24.2 Å². The molecule has 0 radical (unpaired) electrons. The SMILES string of the molecule is CCC(CCO)CNC(=O)c1sc(NC2CC2)nc1N. The van der Waals surface area contributed by atoms with Gasteiger partial charge >= 0.3 is 0 Å². The summed E-state index contributed by atoms with van der Waals surface area (Å²) in [7, 11) is 0. The van der Waals surface area contributed by atoms with Crippen molar-refractivity contribution < 1.29 is 9.90 Å². The number of aromatic nitrogens is 1. The molecule has 2 rings (SSSR count). The third kappa shape index (κ3) is 4.08. The lowest BCUT2D eigenvalue weighted by atomic mass is 10.0. The molecule has 1 unspecified atom stereocenters. The van der Waals surface area contributed by atoms with Gasteiger partial charge in [-0.1, -0.05) is 24.7 Å². The number of nitrogens with two attached hydrogens (primary N) is 1. The molecule has 1 heterocycles. The van der Waals surface area contributed by atoms with E-state index in [1.54, 1.807) is 0 Å². The second-order valence-electron chi connectivity index (χ2n) is 5.15. The highest BCUT2D eigenvalue weighted by molar-refractivity contribution is 7.18. The molecule has 0 saturated heterocycles. The van der Waals surface area contributed by atoms with Crippen molar-refractivity contribution in [2.24, 2.45) is 5.92 Å². The molecular formula is C13H22N4O2S. The summed E-state index contributed by atoms with van der Waals surface area (Å²) in [5.41, 5.74) is 5.79. The molecule has 0 spiro atoms. The first-order chi connectivity index (χ1) is 9.63. The van der Waals surface area contributed by atoms with Crippen LogP contribution < -0.4 is 16.4 Å². The fourth-order valence-corrected chi connectivity index (χ4v) is 2.79. The van der Waals surface area contributed by atoms with Crippen molar-refractivity contribution in [3.05, 3.63) is 4.88 Å². The van der Waals surface area contributed by atoms with Crippen LogP contribution in [0.2, 0.25) is 0 Å². The largest absolute Gasteiger partial charge is 0.396 e. The zero-order chi connectivity index (χ0) is 14.5. The van der Waals surface area contributed by atoms with E-state index in [9.17, 15) is 4.79 Å². The summed E-state index contributed by atoms with van der Waals surface area (Å²) < 4.78 is 0. The number of amides is 1. The number of aliphatic hydroxyl groups excluding tert-OH is 1. The standard InChI is InChI=1S/C13H22N4O2S/c1-2-8(5-6-18)7-15-12(19)10-11(14)17-13(20-10)16-9-3-4-9/h8-9,18H,2-7,14H2,1H3,(H,15,19)(H,16,17). The average Bonchev–Trinajstić information content (AvgIpc) is 3.16. The second-order valence-corrected chi connectivity index (χ2v) is 6.15. The number of carbonyl (C=O) groups is 1. The van der Waals surface area contributed by atoms with Gasteiger partial charge in [-0.05, 0) is 25.2 Å². The lowest BCUT2D eigenvalue weighted by molar-refractivity contribution is 0.0948. The Morgan fingerprint density at radius 3 is 2.95 bits per heavy atom. The number of nitrogen functional groups attached to an aromatic ring is 1. The summed E-state index contributed by atoms with van der Waals surface area (Å²) in [6, 6.07) is 0.491. The molecule has 1 fully saturated rings. The Kier molecular flexibility index (Phi) is 5.19. The molecule has 20 heavy (non-hydrogen) atoms. The maximum Gasteiger partial charge on any atom is 0.265 e. The van der Waals surface area contributed by atoms with Gasteiger partial charge in [-0.3, -0.25) is 4.79 Å². The van der Waals surface area contributed by atoms with Crippen molar-refractivity contribution in [1.29, 1.82) is 0 Å². The summed E-state index contributed by atoms with van der Waals surface area (Å²) in [5.74, 6) is 0.397. The van der Waals surface area contributed by atoms with E-state index >= 15 is 0 Å². The van der Waals surface area contributed by atoms with E-state index in [0.29, 0.717) is 29.8 Å². The molecule has 5 N–H and O–H groups in total. The molecule has 1 saturated carbocycles. The summed E-state index contributed by atoms with van der Waals surface area (Å²) in [4.78, 5) is 16.7. The van der Waals surface area contributed by atoms with Gasteiger partial charge in [0.2, 0.25) is 0 Å². The van der Waals surface area contributed by atoms with Crippen LogP contribution in [0.3, 0.4) is 0 Å². The van der Waals surface area contributed by atoms with Crippen molar-refractivity contribution in [3.63, 3.8) is 0 Å². The zero-order valence-electron chi connectivity index (χ0n) is 11.7. The lowest BCUT2D eigenvalue weighted by Crippen LogP contribution is -2.29. The highest BCUT2D eigenvalue weighted by Gasteiger charge is 2.24. The number of thiazole rings is 1. The predicted octanol–water partition coefficient (Wildman–Crippen LogP) is 1.44. The normalized spacial score (nSPS) is 15.9. The molecule has 0 aromatic carbocycles. The minimum Gasteiger partial charge on any atom is -0.396 e. The number of carbonyl (C=O) groups excluding carboxylic acids is 1. The van der Waals surface area contributed by atoms with Crippen molar-refractivity contribution in [1.82, 2.24) is 10.3 Å². The van der Waals surface area contributed by atoms with Gasteiger partial charge in [0.15, 0.2) is 5.13 Å². The van der Waals surface area contributed by atoms with E-state index in [-0.39, 0.29) is 18.3 Å². The molecular weight excluding hydrogens is 276 g/mol. The van der Waals surface area contributed by atoms with Gasteiger partial charge < -0.3 is 21.5 Å². The van der Waals surface area contributed by atoms with E-state index < -0.39 is 0 Å². The molecule has 1 aliphatic carbocycles. The Bertz CT molecular complexity index is 459. The molecule has 1 atom stereocenters. The first-order valence-electron chi connectivity index (χ1n) is 7.06. The second kappa shape index (κ2) is 6.90. The van der Waals surface area contributed by atoms with E-state index in [1.165, 1.54) is 11.3 Å². The molecule has 1 aromatic heterocycles. The monoisotopic (exact) mass is 298 g/mol. The predicted molar refractivity (Wildman–Crippen MR) is 81.0 cm³/mol. The van der Waals surface area contributed by atoms with Gasteiger partial charge in [-0.15, -0.1) is 0 Å². The van der Waals surface area contributed by atoms with Crippen LogP contribution in [0.15, 0.2) is 0 Å². The molecule has 6 nitrogen and oxygen atoms in total.